The van der Waals surface area contributed by atoms with Gasteiger partial charge < -0.3 is 25.8 Å². The standard InChI is InChI=1S/C11H14N2O5/c12-11(17)5-1-2-13-3-6(5)10-9(16)8(15)7(4-14)18-10/h1-3,7-10,14-16H,4H2,(H2,12,17)/t7-,8-,9-,10+/m1/s1. The van der Waals surface area contributed by atoms with Crippen LogP contribution >= 0.6 is 0 Å². The van der Waals surface area contributed by atoms with Crippen LogP contribution < -0.4 is 5.73 Å². The van der Waals surface area contributed by atoms with E-state index < -0.39 is 36.9 Å². The number of nitrogens with two attached hydrogens (primary N) is 1. The molecule has 2 rings (SSSR count). The second kappa shape index (κ2) is 4.99. The third-order valence-electron chi connectivity index (χ3n) is 2.97. The van der Waals surface area contributed by atoms with Gasteiger partial charge in [-0.15, -0.1) is 0 Å². The molecule has 1 aliphatic heterocycles. The number of aliphatic hydroxyl groups is 3. The Morgan fingerprint density at radius 3 is 2.72 bits per heavy atom. The van der Waals surface area contributed by atoms with Gasteiger partial charge in [-0.1, -0.05) is 0 Å². The smallest absolute Gasteiger partial charge is 0.249 e. The largest absolute Gasteiger partial charge is 0.394 e. The minimum atomic E-state index is -1.25. The van der Waals surface area contributed by atoms with Crippen LogP contribution in [0.2, 0.25) is 0 Å². The Morgan fingerprint density at radius 1 is 1.44 bits per heavy atom. The zero-order valence-electron chi connectivity index (χ0n) is 9.43. The fourth-order valence-corrected chi connectivity index (χ4v) is 2.01. The number of aliphatic hydroxyl groups excluding tert-OH is 3. The highest BCUT2D eigenvalue weighted by Crippen LogP contribution is 2.34. The Balaban J connectivity index is 2.35. The highest BCUT2D eigenvalue weighted by atomic mass is 16.6. The third kappa shape index (κ3) is 2.08. The molecular formula is C11H14N2O5. The van der Waals surface area contributed by atoms with Crippen molar-refractivity contribution in [3.63, 3.8) is 0 Å². The highest BCUT2D eigenvalue weighted by Gasteiger charge is 2.44. The summed E-state index contributed by atoms with van der Waals surface area (Å²) in [5.74, 6) is -0.676. The maximum atomic E-state index is 11.3. The van der Waals surface area contributed by atoms with E-state index in [0.29, 0.717) is 5.56 Å². The fraction of sp³-hybridized carbons (Fsp3) is 0.455. The quantitative estimate of drug-likeness (QED) is 0.511. The summed E-state index contributed by atoms with van der Waals surface area (Å²) in [7, 11) is 0. The summed E-state index contributed by atoms with van der Waals surface area (Å²) >= 11 is 0. The normalized spacial score (nSPS) is 31.5. The van der Waals surface area contributed by atoms with E-state index in [9.17, 15) is 15.0 Å². The second-order valence-electron chi connectivity index (χ2n) is 4.09. The van der Waals surface area contributed by atoms with E-state index in [-0.39, 0.29) is 5.56 Å². The monoisotopic (exact) mass is 254 g/mol. The van der Waals surface area contributed by atoms with E-state index in [1.807, 2.05) is 0 Å². The minimum absolute atomic E-state index is 0.167. The van der Waals surface area contributed by atoms with Crippen LogP contribution in [0.1, 0.15) is 22.0 Å². The van der Waals surface area contributed by atoms with Crippen molar-refractivity contribution in [1.82, 2.24) is 4.98 Å². The molecule has 0 aliphatic carbocycles. The molecule has 0 spiro atoms. The molecule has 2 heterocycles. The van der Waals surface area contributed by atoms with Gasteiger partial charge in [0.25, 0.3) is 0 Å². The molecule has 0 unspecified atom stereocenters. The van der Waals surface area contributed by atoms with Crippen LogP contribution in [0.5, 0.6) is 0 Å². The van der Waals surface area contributed by atoms with E-state index in [0.717, 1.165) is 0 Å². The van der Waals surface area contributed by atoms with Crippen molar-refractivity contribution in [2.75, 3.05) is 6.61 Å². The van der Waals surface area contributed by atoms with Gasteiger partial charge in [-0.3, -0.25) is 9.78 Å². The molecule has 98 valence electrons. The topological polar surface area (TPSA) is 126 Å². The number of carbonyl (C=O) groups is 1. The second-order valence-corrected chi connectivity index (χ2v) is 4.09. The Morgan fingerprint density at radius 2 is 2.17 bits per heavy atom. The predicted molar refractivity (Wildman–Crippen MR) is 59.5 cm³/mol. The number of primary amides is 1. The van der Waals surface area contributed by atoms with Crippen molar-refractivity contribution in [3.05, 3.63) is 29.6 Å². The van der Waals surface area contributed by atoms with Crippen molar-refractivity contribution < 1.29 is 24.9 Å². The van der Waals surface area contributed by atoms with Gasteiger partial charge in [0.2, 0.25) is 5.91 Å². The van der Waals surface area contributed by atoms with E-state index in [4.69, 9.17) is 15.6 Å². The summed E-state index contributed by atoms with van der Waals surface area (Å²) in [6.07, 6.45) is -1.56. The first kappa shape index (κ1) is 12.9. The first-order valence-electron chi connectivity index (χ1n) is 5.42. The van der Waals surface area contributed by atoms with Gasteiger partial charge in [0.1, 0.15) is 24.4 Å². The number of hydrogen-bond acceptors (Lipinski definition) is 6. The Kier molecular flexibility index (Phi) is 3.58. The average Bonchev–Trinajstić information content (AvgIpc) is 2.66. The van der Waals surface area contributed by atoms with Gasteiger partial charge >= 0.3 is 0 Å². The molecule has 0 bridgehead atoms. The molecule has 1 aliphatic rings. The van der Waals surface area contributed by atoms with Gasteiger partial charge in [0, 0.05) is 23.5 Å². The number of ether oxygens (including phenoxy) is 1. The third-order valence-corrected chi connectivity index (χ3v) is 2.97. The van der Waals surface area contributed by atoms with Crippen molar-refractivity contribution in [1.29, 1.82) is 0 Å². The zero-order chi connectivity index (χ0) is 13.3. The van der Waals surface area contributed by atoms with Gasteiger partial charge in [-0.25, -0.2) is 0 Å². The van der Waals surface area contributed by atoms with Crippen molar-refractivity contribution in [3.8, 4) is 0 Å². The van der Waals surface area contributed by atoms with E-state index in [2.05, 4.69) is 4.98 Å². The highest BCUT2D eigenvalue weighted by molar-refractivity contribution is 5.94. The molecule has 1 aromatic heterocycles. The number of pyridine rings is 1. The SMILES string of the molecule is NC(=O)c1ccncc1[C@@H]1O[C@H](CO)[C@@H](O)[C@H]1O. The lowest BCUT2D eigenvalue weighted by Crippen LogP contribution is -2.32. The first-order chi connectivity index (χ1) is 8.56. The van der Waals surface area contributed by atoms with Crippen LogP contribution in [0.3, 0.4) is 0 Å². The van der Waals surface area contributed by atoms with Crippen molar-refractivity contribution >= 4 is 5.91 Å². The molecule has 1 amide bonds. The van der Waals surface area contributed by atoms with Gasteiger partial charge in [-0.05, 0) is 6.07 Å². The molecule has 18 heavy (non-hydrogen) atoms. The molecule has 1 aromatic rings. The number of amides is 1. The first-order valence-corrected chi connectivity index (χ1v) is 5.42. The van der Waals surface area contributed by atoms with Crippen molar-refractivity contribution in [2.24, 2.45) is 5.73 Å². The lowest BCUT2D eigenvalue weighted by Gasteiger charge is -2.16. The van der Waals surface area contributed by atoms with Crippen LogP contribution in [-0.2, 0) is 4.74 Å². The number of aromatic nitrogens is 1. The minimum Gasteiger partial charge on any atom is -0.394 e. The lowest BCUT2D eigenvalue weighted by molar-refractivity contribution is -0.0230. The summed E-state index contributed by atoms with van der Waals surface area (Å²) in [4.78, 5) is 15.1. The Hall–Kier alpha value is -1.54. The van der Waals surface area contributed by atoms with Crippen LogP contribution in [-0.4, -0.2) is 51.1 Å². The van der Waals surface area contributed by atoms with E-state index >= 15 is 0 Å². The van der Waals surface area contributed by atoms with Gasteiger partial charge in [-0.2, -0.15) is 0 Å². The summed E-state index contributed by atoms with van der Waals surface area (Å²) in [6, 6.07) is 1.41. The predicted octanol–water partition coefficient (Wildman–Crippen LogP) is -1.67. The summed E-state index contributed by atoms with van der Waals surface area (Å²) in [6.45, 7) is -0.430. The number of carbonyl (C=O) groups excluding carboxylic acids is 1. The molecular weight excluding hydrogens is 240 g/mol. The summed E-state index contributed by atoms with van der Waals surface area (Å²) < 4.78 is 5.31. The lowest BCUT2D eigenvalue weighted by atomic mass is 9.99. The number of nitrogens with zero attached hydrogens (tertiary/aromatic N) is 1. The summed E-state index contributed by atoms with van der Waals surface area (Å²) in [5, 5.41) is 28.5. The molecule has 0 aromatic carbocycles. The maximum Gasteiger partial charge on any atom is 0.249 e. The molecule has 7 heteroatoms. The molecule has 1 fully saturated rings. The van der Waals surface area contributed by atoms with Crippen LogP contribution in [0.15, 0.2) is 18.5 Å². The van der Waals surface area contributed by atoms with Crippen LogP contribution in [0.4, 0.5) is 0 Å². The molecule has 7 nitrogen and oxygen atoms in total. The average molecular weight is 254 g/mol. The Labute approximate surface area is 103 Å². The van der Waals surface area contributed by atoms with Gasteiger partial charge in [0.15, 0.2) is 0 Å². The number of hydrogen-bond donors (Lipinski definition) is 4. The Bertz CT molecular complexity index is 453. The maximum absolute atomic E-state index is 11.3. The number of rotatable bonds is 3. The van der Waals surface area contributed by atoms with Crippen LogP contribution in [0.25, 0.3) is 0 Å². The summed E-state index contributed by atoms with van der Waals surface area (Å²) in [5.41, 5.74) is 5.68. The molecule has 1 saturated heterocycles. The van der Waals surface area contributed by atoms with Crippen molar-refractivity contribution in [2.45, 2.75) is 24.4 Å². The molecule has 0 saturated carbocycles. The molecule has 4 atom stereocenters. The zero-order valence-corrected chi connectivity index (χ0v) is 9.43. The van der Waals surface area contributed by atoms with Gasteiger partial charge in [0.05, 0.1) is 6.61 Å². The van der Waals surface area contributed by atoms with Crippen LogP contribution in [0, 0.1) is 0 Å². The fourth-order valence-electron chi connectivity index (χ4n) is 2.01. The van der Waals surface area contributed by atoms with E-state index in [1.165, 1.54) is 18.5 Å². The van der Waals surface area contributed by atoms with E-state index in [1.54, 1.807) is 0 Å². The molecule has 5 N–H and O–H groups in total. The molecule has 0 radical (unpaired) electrons.